The fourth-order valence-electron chi connectivity index (χ4n) is 4.89. The second-order valence-corrected chi connectivity index (χ2v) is 15.1. The van der Waals surface area contributed by atoms with Crippen LogP contribution in [0.4, 0.5) is 0 Å². The van der Waals surface area contributed by atoms with Gasteiger partial charge in [-0.25, -0.2) is 0 Å². The molecule has 1 saturated heterocycles. The predicted molar refractivity (Wildman–Crippen MR) is 149 cm³/mol. The van der Waals surface area contributed by atoms with Crippen LogP contribution in [0.25, 0.3) is 0 Å². The number of ether oxygens (including phenoxy) is 4. The second-order valence-electron chi connectivity index (χ2n) is 10.8. The van der Waals surface area contributed by atoms with Gasteiger partial charge in [0.25, 0.3) is 11.8 Å². The third kappa shape index (κ3) is 8.71. The zero-order valence-corrected chi connectivity index (χ0v) is 30.0. The molecular weight excluding hydrogens is 756 g/mol. The summed E-state index contributed by atoms with van der Waals surface area (Å²) < 4.78 is 36.7. The number of nitrogens with zero attached hydrogens (tertiary/aromatic N) is 1. The smallest absolute Gasteiger partial charge is 0.427 e. The van der Waals surface area contributed by atoms with Crippen molar-refractivity contribution < 1.29 is 68.5 Å². The molecule has 1 aromatic rings. The van der Waals surface area contributed by atoms with Crippen LogP contribution in [-0.4, -0.2) is 83.5 Å². The first-order valence-corrected chi connectivity index (χ1v) is 15.9. The minimum atomic E-state index is -2.49. The molecule has 0 radical (unpaired) electrons. The van der Waals surface area contributed by atoms with Crippen LogP contribution in [0.3, 0.4) is 0 Å². The van der Waals surface area contributed by atoms with Crippen LogP contribution in [0.5, 0.6) is 0 Å². The average molecular weight is 802 g/mol. The Kier molecular flexibility index (Phi) is 15.0. The van der Waals surface area contributed by atoms with Crippen molar-refractivity contribution >= 4 is 20.4 Å². The Labute approximate surface area is 264 Å². The summed E-state index contributed by atoms with van der Waals surface area (Å²) in [6.07, 6.45) is 2.90. The Hall–Kier alpha value is -0.611. The van der Waals surface area contributed by atoms with Gasteiger partial charge >= 0.3 is 39.7 Å². The second kappa shape index (κ2) is 16.9. The van der Waals surface area contributed by atoms with E-state index in [1.807, 2.05) is 19.8 Å². The Morgan fingerprint density at radius 1 is 1.00 bits per heavy atom. The van der Waals surface area contributed by atoms with E-state index in [2.05, 4.69) is 41.5 Å². The molecule has 9 nitrogen and oxygen atoms in total. The zero-order chi connectivity index (χ0) is 28.6. The van der Waals surface area contributed by atoms with E-state index in [1.54, 1.807) is 24.3 Å². The molecule has 1 fully saturated rings. The van der Waals surface area contributed by atoms with Crippen LogP contribution in [-0.2, 0) is 27.8 Å². The van der Waals surface area contributed by atoms with Crippen molar-refractivity contribution in [3.63, 3.8) is 0 Å². The van der Waals surface area contributed by atoms with Crippen LogP contribution in [0.2, 0.25) is 11.1 Å². The monoisotopic (exact) mass is 801 g/mol. The van der Waals surface area contributed by atoms with Crippen LogP contribution < -0.4 is 0 Å². The molecule has 3 atom stereocenters. The molecule has 0 saturated carbocycles. The largest absolute Gasteiger partial charge is 2.00 e. The molecule has 222 valence electrons. The van der Waals surface area contributed by atoms with Crippen molar-refractivity contribution in [1.29, 1.82) is 0 Å². The Morgan fingerprint density at radius 2 is 1.60 bits per heavy atom. The van der Waals surface area contributed by atoms with Crippen molar-refractivity contribution in [2.75, 3.05) is 39.8 Å². The quantitative estimate of drug-likeness (QED) is 0.0876. The Bertz CT molecular complexity index is 903. The van der Waals surface area contributed by atoms with E-state index in [1.165, 1.54) is 4.90 Å². The SMILES string of the molecule is C[CH-][C@H](OCOCCOCCN1C(=O)c2ccccc2C1=O)[C@H]1[CH-]CO[Si](C(C)C)(C(C)C)O[C@@H](C(C)C)O1.[U+2]. The summed E-state index contributed by atoms with van der Waals surface area (Å²) in [5, 5.41) is 0. The number of fused-ring (bicyclic) bond motifs is 1. The standard InChI is InChI=1S/C29H45NO8Si.U/c1-8-25(26-13-15-36-39(21(4)5,22(6)7)38-29(37-26)20(2)3)35-19-34-18-17-33-16-14-30-27(31)23-11-9-10-12-24(23)28(30)32;/h8-13,20-22,25-26,29H,14-19H2,1-7H3;/q-2;+2/t25-,26+,29-;/m0./s1. The van der Waals surface area contributed by atoms with E-state index in [9.17, 15) is 9.59 Å². The normalized spacial score (nSPS) is 21.9. The van der Waals surface area contributed by atoms with E-state index < -0.39 is 14.9 Å². The van der Waals surface area contributed by atoms with Gasteiger partial charge in [0.1, 0.15) is 13.1 Å². The number of hydrogen-bond acceptors (Lipinski definition) is 8. The molecule has 0 unspecified atom stereocenters. The van der Waals surface area contributed by atoms with Gasteiger partial charge in [0.15, 0.2) is 0 Å². The first-order valence-electron chi connectivity index (χ1n) is 13.9. The van der Waals surface area contributed by atoms with Gasteiger partial charge < -0.3 is 34.2 Å². The molecule has 0 bridgehead atoms. The number of carbonyl (C=O) groups is 2. The van der Waals surface area contributed by atoms with Crippen molar-refractivity contribution in [3.8, 4) is 0 Å². The Morgan fingerprint density at radius 3 is 2.15 bits per heavy atom. The van der Waals surface area contributed by atoms with E-state index in [0.29, 0.717) is 42.0 Å². The molecule has 40 heavy (non-hydrogen) atoms. The van der Waals surface area contributed by atoms with Gasteiger partial charge in [-0.2, -0.15) is 6.92 Å². The number of rotatable bonds is 14. The third-order valence-electron chi connectivity index (χ3n) is 7.09. The number of benzene rings is 1. The van der Waals surface area contributed by atoms with Gasteiger partial charge in [0.2, 0.25) is 0 Å². The molecule has 0 aliphatic carbocycles. The fraction of sp³-hybridized carbons (Fsp3) is 0.655. The zero-order valence-electron chi connectivity index (χ0n) is 24.9. The molecule has 3 rings (SSSR count). The summed E-state index contributed by atoms with van der Waals surface area (Å²) >= 11 is 0. The molecule has 0 N–H and O–H groups in total. The van der Waals surface area contributed by atoms with Crippen LogP contribution >= 0.6 is 0 Å². The summed E-state index contributed by atoms with van der Waals surface area (Å²) in [5.74, 6) is -0.412. The molecule has 0 spiro atoms. The van der Waals surface area contributed by atoms with Crippen molar-refractivity contribution in [2.24, 2.45) is 5.92 Å². The molecule has 1 aromatic carbocycles. The van der Waals surface area contributed by atoms with E-state index in [-0.39, 0.29) is 81.0 Å². The van der Waals surface area contributed by atoms with E-state index in [4.69, 9.17) is 27.8 Å². The first kappa shape index (κ1) is 35.6. The first-order chi connectivity index (χ1) is 18.6. The van der Waals surface area contributed by atoms with Crippen LogP contribution in [0.1, 0.15) is 69.2 Å². The maximum Gasteiger partial charge on any atom is 2.00 e. The van der Waals surface area contributed by atoms with E-state index in [0.717, 1.165) is 0 Å². The third-order valence-corrected chi connectivity index (χ3v) is 11.5. The molecule has 2 amide bonds. The van der Waals surface area contributed by atoms with Crippen LogP contribution in [0, 0.1) is 49.9 Å². The van der Waals surface area contributed by atoms with Gasteiger partial charge in [0.05, 0.1) is 37.5 Å². The number of carbonyl (C=O) groups excluding carboxylic acids is 2. The summed E-state index contributed by atoms with van der Waals surface area (Å²) in [6, 6.07) is 6.84. The van der Waals surface area contributed by atoms with Crippen molar-refractivity contribution in [1.82, 2.24) is 4.90 Å². The average Bonchev–Trinajstić information content (AvgIpc) is 3.12. The summed E-state index contributed by atoms with van der Waals surface area (Å²) in [5.41, 5.74) is 1.46. The molecular formula is C29H45NO8SiU. The molecule has 2 aliphatic heterocycles. The van der Waals surface area contributed by atoms with Gasteiger partial charge in [-0.1, -0.05) is 72.5 Å². The fourth-order valence-corrected chi connectivity index (χ4v) is 8.55. The summed E-state index contributed by atoms with van der Waals surface area (Å²) in [4.78, 5) is 26.0. The maximum atomic E-state index is 12.4. The van der Waals surface area contributed by atoms with Gasteiger partial charge in [-0.3, -0.25) is 20.9 Å². The summed E-state index contributed by atoms with van der Waals surface area (Å²) in [7, 11) is -2.49. The minimum absolute atomic E-state index is 0. The minimum Gasteiger partial charge on any atom is -0.427 e. The maximum absolute atomic E-state index is 12.4. The number of imide groups is 1. The van der Waals surface area contributed by atoms with Crippen molar-refractivity contribution in [2.45, 2.75) is 78.0 Å². The Balaban J connectivity index is 0.00000560. The van der Waals surface area contributed by atoms with Crippen molar-refractivity contribution in [3.05, 3.63) is 48.2 Å². The van der Waals surface area contributed by atoms with E-state index >= 15 is 0 Å². The molecule has 11 heteroatoms. The van der Waals surface area contributed by atoms with Gasteiger partial charge in [0, 0.05) is 5.92 Å². The molecule has 0 aromatic heterocycles. The molecule has 2 heterocycles. The summed E-state index contributed by atoms with van der Waals surface area (Å²) in [6.45, 7) is 16.3. The topological polar surface area (TPSA) is 92.8 Å². The van der Waals surface area contributed by atoms with Gasteiger partial charge in [-0.15, -0.1) is 0 Å². The number of hydrogen-bond donors (Lipinski definition) is 0. The van der Waals surface area contributed by atoms with Crippen LogP contribution in [0.15, 0.2) is 24.3 Å². The molecule has 2 aliphatic rings. The van der Waals surface area contributed by atoms with Gasteiger partial charge in [-0.05, 0) is 23.2 Å². The number of amides is 2. The predicted octanol–water partition coefficient (Wildman–Crippen LogP) is 4.76.